The van der Waals surface area contributed by atoms with Crippen LogP contribution in [-0.2, 0) is 9.59 Å². The molecule has 0 spiro atoms. The van der Waals surface area contributed by atoms with Crippen LogP contribution in [0.15, 0.2) is 0 Å². The Morgan fingerprint density at radius 1 is 1.55 bits per heavy atom. The molecule has 11 heavy (non-hydrogen) atoms. The minimum atomic E-state index is -1.01. The second kappa shape index (κ2) is 5.18. The van der Waals surface area contributed by atoms with Crippen molar-refractivity contribution in [3.8, 4) is 0 Å². The van der Waals surface area contributed by atoms with Crippen molar-refractivity contribution in [1.82, 2.24) is 0 Å². The van der Waals surface area contributed by atoms with Crippen molar-refractivity contribution in [2.75, 3.05) is 12.0 Å². The molecule has 0 aromatic rings. The zero-order valence-electron chi connectivity index (χ0n) is 6.66. The molecule has 1 unspecified atom stereocenters. The maximum atomic E-state index is 11.0. The van der Waals surface area contributed by atoms with Gasteiger partial charge < -0.3 is 5.11 Å². The van der Waals surface area contributed by atoms with Crippen molar-refractivity contribution >= 4 is 23.5 Å². The summed E-state index contributed by atoms with van der Waals surface area (Å²) in [4.78, 5) is 21.4. The second-order valence-corrected chi connectivity index (χ2v) is 3.06. The number of thioether (sulfide) groups is 1. The fourth-order valence-corrected chi connectivity index (χ4v) is 1.27. The van der Waals surface area contributed by atoms with Crippen LogP contribution in [0.3, 0.4) is 0 Å². The number of hydrogen-bond donors (Lipinski definition) is 1. The van der Waals surface area contributed by atoms with Crippen molar-refractivity contribution in [3.63, 3.8) is 0 Å². The molecule has 3 nitrogen and oxygen atoms in total. The van der Waals surface area contributed by atoms with Crippen LogP contribution in [0.1, 0.15) is 13.3 Å². The Bertz CT molecular complexity index is 156. The minimum Gasteiger partial charge on any atom is -0.481 e. The summed E-state index contributed by atoms with van der Waals surface area (Å²) < 4.78 is 0. The van der Waals surface area contributed by atoms with E-state index in [1.165, 1.54) is 11.8 Å². The van der Waals surface area contributed by atoms with Crippen LogP contribution in [0.4, 0.5) is 0 Å². The molecule has 0 saturated heterocycles. The van der Waals surface area contributed by atoms with Gasteiger partial charge in [-0.15, -0.1) is 0 Å². The molecule has 0 aromatic carbocycles. The summed E-state index contributed by atoms with van der Waals surface area (Å²) in [5.74, 6) is -1.70. The number of carbonyl (C=O) groups excluding carboxylic acids is 1. The van der Waals surface area contributed by atoms with E-state index in [1.807, 2.05) is 0 Å². The van der Waals surface area contributed by atoms with Gasteiger partial charge in [0, 0.05) is 0 Å². The highest BCUT2D eigenvalue weighted by Gasteiger charge is 2.22. The van der Waals surface area contributed by atoms with Gasteiger partial charge in [-0.2, -0.15) is 11.8 Å². The van der Waals surface area contributed by atoms with E-state index in [9.17, 15) is 9.59 Å². The third kappa shape index (κ3) is 3.41. The minimum absolute atomic E-state index is 0.187. The lowest BCUT2D eigenvalue weighted by Gasteiger charge is -2.05. The van der Waals surface area contributed by atoms with E-state index in [1.54, 1.807) is 13.2 Å². The first-order valence-corrected chi connectivity index (χ1v) is 4.77. The normalized spacial score (nSPS) is 12.5. The van der Waals surface area contributed by atoms with Crippen LogP contribution >= 0.6 is 11.8 Å². The number of aliphatic carboxylic acids is 1. The lowest BCUT2D eigenvalue weighted by atomic mass is 10.0. The molecule has 4 heteroatoms. The van der Waals surface area contributed by atoms with Gasteiger partial charge >= 0.3 is 5.97 Å². The summed E-state index contributed by atoms with van der Waals surface area (Å²) in [5.41, 5.74) is 0. The predicted octanol–water partition coefficient (Wildman–Crippen LogP) is 1.03. The van der Waals surface area contributed by atoms with Crippen LogP contribution in [-0.4, -0.2) is 28.9 Å². The predicted molar refractivity (Wildman–Crippen MR) is 44.8 cm³/mol. The standard InChI is InChI=1S/C7H12O3S/c1-3-5(7(9)10)6(8)4-11-2/h5H,3-4H2,1-2H3,(H,9,10). The highest BCUT2D eigenvalue weighted by Crippen LogP contribution is 2.07. The van der Waals surface area contributed by atoms with Crippen molar-refractivity contribution in [2.45, 2.75) is 13.3 Å². The van der Waals surface area contributed by atoms with E-state index in [-0.39, 0.29) is 5.78 Å². The molecule has 0 fully saturated rings. The molecule has 0 rings (SSSR count). The third-order valence-electron chi connectivity index (χ3n) is 1.38. The molecular formula is C7H12O3S. The summed E-state index contributed by atoms with van der Waals surface area (Å²) in [6.07, 6.45) is 2.17. The van der Waals surface area contributed by atoms with Gasteiger partial charge in [-0.3, -0.25) is 9.59 Å². The second-order valence-electron chi connectivity index (χ2n) is 2.20. The van der Waals surface area contributed by atoms with Crippen LogP contribution in [0.2, 0.25) is 0 Å². The quantitative estimate of drug-likeness (QED) is 0.636. The average molecular weight is 176 g/mol. The first-order valence-electron chi connectivity index (χ1n) is 3.38. The first-order chi connectivity index (χ1) is 5.13. The number of Topliss-reactive ketones (excluding diaryl/α,β-unsaturated/α-hetero) is 1. The highest BCUT2D eigenvalue weighted by molar-refractivity contribution is 7.99. The van der Waals surface area contributed by atoms with Crippen LogP contribution < -0.4 is 0 Å². The van der Waals surface area contributed by atoms with Gasteiger partial charge in [-0.1, -0.05) is 6.92 Å². The molecule has 1 N–H and O–H groups in total. The molecule has 0 aliphatic rings. The van der Waals surface area contributed by atoms with Gasteiger partial charge in [0.25, 0.3) is 0 Å². The molecule has 0 heterocycles. The fourth-order valence-electron chi connectivity index (χ4n) is 0.783. The number of carbonyl (C=O) groups is 2. The molecule has 0 aliphatic carbocycles. The zero-order valence-corrected chi connectivity index (χ0v) is 7.48. The Labute approximate surface area is 70.2 Å². The number of carboxylic acid groups (broad SMARTS) is 1. The van der Waals surface area contributed by atoms with Crippen LogP contribution in [0.5, 0.6) is 0 Å². The van der Waals surface area contributed by atoms with Crippen molar-refractivity contribution in [2.24, 2.45) is 5.92 Å². The molecule has 0 aromatic heterocycles. The number of ketones is 1. The topological polar surface area (TPSA) is 54.4 Å². The fraction of sp³-hybridized carbons (Fsp3) is 0.714. The zero-order chi connectivity index (χ0) is 8.85. The van der Waals surface area contributed by atoms with Gasteiger partial charge in [0.15, 0.2) is 5.78 Å². The molecule has 0 bridgehead atoms. The summed E-state index contributed by atoms with van der Waals surface area (Å²) in [6.45, 7) is 1.71. The van der Waals surface area contributed by atoms with Gasteiger partial charge in [0.2, 0.25) is 0 Å². The Morgan fingerprint density at radius 2 is 2.09 bits per heavy atom. The maximum absolute atomic E-state index is 11.0. The van der Waals surface area contributed by atoms with Crippen molar-refractivity contribution in [1.29, 1.82) is 0 Å². The Hall–Kier alpha value is -0.510. The molecular weight excluding hydrogens is 164 g/mol. The summed E-state index contributed by atoms with van der Waals surface area (Å²) in [5, 5.41) is 8.54. The maximum Gasteiger partial charge on any atom is 0.314 e. The van der Waals surface area contributed by atoms with Crippen LogP contribution in [0.25, 0.3) is 0 Å². The van der Waals surface area contributed by atoms with E-state index in [0.717, 1.165) is 0 Å². The lowest BCUT2D eigenvalue weighted by Crippen LogP contribution is -2.24. The SMILES string of the molecule is CCC(C(=O)O)C(=O)CSC. The van der Waals surface area contributed by atoms with Crippen LogP contribution in [0, 0.1) is 5.92 Å². The lowest BCUT2D eigenvalue weighted by molar-refractivity contribution is -0.145. The molecule has 0 radical (unpaired) electrons. The average Bonchev–Trinajstić information content (AvgIpc) is 1.88. The van der Waals surface area contributed by atoms with E-state index >= 15 is 0 Å². The number of rotatable bonds is 5. The van der Waals surface area contributed by atoms with Crippen molar-refractivity contribution in [3.05, 3.63) is 0 Å². The smallest absolute Gasteiger partial charge is 0.314 e. The monoisotopic (exact) mass is 176 g/mol. The van der Waals surface area contributed by atoms with E-state index < -0.39 is 11.9 Å². The van der Waals surface area contributed by atoms with Gasteiger partial charge in [0.1, 0.15) is 5.92 Å². The summed E-state index contributed by atoms with van der Waals surface area (Å²) >= 11 is 1.36. The highest BCUT2D eigenvalue weighted by atomic mass is 32.2. The molecule has 1 atom stereocenters. The summed E-state index contributed by atoms with van der Waals surface area (Å²) in [7, 11) is 0. The number of hydrogen-bond acceptors (Lipinski definition) is 3. The Kier molecular flexibility index (Phi) is 4.94. The van der Waals surface area contributed by atoms with Gasteiger partial charge in [-0.25, -0.2) is 0 Å². The Balaban J connectivity index is 4.03. The first kappa shape index (κ1) is 10.5. The summed E-state index contributed by atoms with van der Waals surface area (Å²) in [6, 6.07) is 0. The third-order valence-corrected chi connectivity index (χ3v) is 1.95. The van der Waals surface area contributed by atoms with Crippen molar-refractivity contribution < 1.29 is 14.7 Å². The Morgan fingerprint density at radius 3 is 2.36 bits per heavy atom. The molecule has 0 aliphatic heterocycles. The van der Waals surface area contributed by atoms with E-state index in [4.69, 9.17) is 5.11 Å². The largest absolute Gasteiger partial charge is 0.481 e. The van der Waals surface area contributed by atoms with E-state index in [0.29, 0.717) is 12.2 Å². The molecule has 0 saturated carbocycles. The number of carboxylic acids is 1. The van der Waals surface area contributed by atoms with Gasteiger partial charge in [-0.05, 0) is 12.7 Å². The van der Waals surface area contributed by atoms with E-state index in [2.05, 4.69) is 0 Å². The molecule has 0 amide bonds. The molecule has 64 valence electrons. The van der Waals surface area contributed by atoms with Gasteiger partial charge in [0.05, 0.1) is 5.75 Å².